The van der Waals surface area contributed by atoms with Gasteiger partial charge in [-0.2, -0.15) is 0 Å². The number of likely N-dealkylation sites (N-methyl/N-ethyl adjacent to an activating group) is 1. The largest absolute Gasteiger partial charge is 0.383 e. The second-order valence-corrected chi connectivity index (χ2v) is 4.39. The van der Waals surface area contributed by atoms with Gasteiger partial charge in [0.1, 0.15) is 0 Å². The third kappa shape index (κ3) is 3.83. The second-order valence-electron chi connectivity index (χ2n) is 3.98. The maximum atomic E-state index is 11.2. The molecule has 0 saturated carbocycles. The molecule has 3 nitrogen and oxygen atoms in total. The topological polar surface area (TPSA) is 32.3 Å². The SMILES string of the molecule is CC(=O)c1ccc(Cl)c(NCCN(C)C)c1. The van der Waals surface area contributed by atoms with Crippen molar-refractivity contribution < 1.29 is 4.79 Å². The number of hydrogen-bond donors (Lipinski definition) is 1. The summed E-state index contributed by atoms with van der Waals surface area (Å²) in [5.74, 6) is 0.0485. The highest BCUT2D eigenvalue weighted by Gasteiger charge is 2.04. The van der Waals surface area contributed by atoms with Crippen molar-refractivity contribution in [3.8, 4) is 0 Å². The smallest absolute Gasteiger partial charge is 0.159 e. The molecule has 0 spiro atoms. The van der Waals surface area contributed by atoms with Gasteiger partial charge in [0.25, 0.3) is 0 Å². The van der Waals surface area contributed by atoms with E-state index >= 15 is 0 Å². The van der Waals surface area contributed by atoms with Gasteiger partial charge in [-0.1, -0.05) is 11.6 Å². The average Bonchev–Trinajstić information content (AvgIpc) is 2.20. The number of carbonyl (C=O) groups excluding carboxylic acids is 1. The maximum Gasteiger partial charge on any atom is 0.159 e. The van der Waals surface area contributed by atoms with Crippen LogP contribution in [0.2, 0.25) is 5.02 Å². The molecule has 0 heterocycles. The first kappa shape index (κ1) is 13.0. The van der Waals surface area contributed by atoms with Gasteiger partial charge in [-0.05, 0) is 39.2 Å². The Balaban J connectivity index is 2.70. The summed E-state index contributed by atoms with van der Waals surface area (Å²) in [5.41, 5.74) is 1.49. The molecule has 1 rings (SSSR count). The third-order valence-corrected chi connectivity index (χ3v) is 2.58. The molecule has 0 amide bonds. The van der Waals surface area contributed by atoms with Gasteiger partial charge in [0.05, 0.1) is 10.7 Å². The number of Topliss-reactive ketones (excluding diaryl/α,β-unsaturated/α-hetero) is 1. The second kappa shape index (κ2) is 5.87. The molecule has 1 aromatic carbocycles. The Kier molecular flexibility index (Phi) is 4.77. The molecule has 0 fully saturated rings. The molecule has 0 aliphatic rings. The molecule has 1 N–H and O–H groups in total. The first-order valence-electron chi connectivity index (χ1n) is 5.20. The molecule has 0 aromatic heterocycles. The standard InChI is InChI=1S/C12H17ClN2O/c1-9(16)10-4-5-11(13)12(8-10)14-6-7-15(2)3/h4-5,8,14H,6-7H2,1-3H3. The van der Waals surface area contributed by atoms with E-state index < -0.39 is 0 Å². The van der Waals surface area contributed by atoms with Crippen molar-refractivity contribution in [2.45, 2.75) is 6.92 Å². The molecule has 0 saturated heterocycles. The van der Waals surface area contributed by atoms with E-state index in [1.807, 2.05) is 14.1 Å². The van der Waals surface area contributed by atoms with E-state index in [0.29, 0.717) is 10.6 Å². The highest BCUT2D eigenvalue weighted by atomic mass is 35.5. The van der Waals surface area contributed by atoms with Gasteiger partial charge in [-0.15, -0.1) is 0 Å². The summed E-state index contributed by atoms with van der Waals surface area (Å²) in [5, 5.41) is 3.86. The molecule has 0 radical (unpaired) electrons. The van der Waals surface area contributed by atoms with Crippen molar-refractivity contribution in [2.75, 3.05) is 32.5 Å². The molecule has 1 aromatic rings. The lowest BCUT2D eigenvalue weighted by molar-refractivity contribution is 0.101. The van der Waals surface area contributed by atoms with Crippen molar-refractivity contribution in [1.29, 1.82) is 0 Å². The van der Waals surface area contributed by atoms with E-state index in [0.717, 1.165) is 18.8 Å². The Labute approximate surface area is 101 Å². The number of anilines is 1. The van der Waals surface area contributed by atoms with E-state index in [1.54, 1.807) is 25.1 Å². The summed E-state index contributed by atoms with van der Waals surface area (Å²) in [7, 11) is 4.02. The summed E-state index contributed by atoms with van der Waals surface area (Å²) in [6.07, 6.45) is 0. The first-order valence-corrected chi connectivity index (χ1v) is 5.57. The zero-order chi connectivity index (χ0) is 12.1. The molecule has 0 bridgehead atoms. The quantitative estimate of drug-likeness (QED) is 0.803. The number of halogens is 1. The zero-order valence-corrected chi connectivity index (χ0v) is 10.6. The third-order valence-electron chi connectivity index (χ3n) is 2.25. The summed E-state index contributed by atoms with van der Waals surface area (Å²) in [6, 6.07) is 5.28. The van der Waals surface area contributed by atoms with Crippen LogP contribution in [0.25, 0.3) is 0 Å². The molecule has 0 unspecified atom stereocenters. The number of rotatable bonds is 5. The van der Waals surface area contributed by atoms with E-state index in [2.05, 4.69) is 10.2 Å². The molecule has 4 heteroatoms. The Morgan fingerprint density at radius 3 is 2.69 bits per heavy atom. The van der Waals surface area contributed by atoms with E-state index in [1.165, 1.54) is 0 Å². The minimum atomic E-state index is 0.0485. The fourth-order valence-corrected chi connectivity index (χ4v) is 1.48. The van der Waals surface area contributed by atoms with Crippen LogP contribution in [0.4, 0.5) is 5.69 Å². The van der Waals surface area contributed by atoms with Crippen molar-refractivity contribution >= 4 is 23.1 Å². The Morgan fingerprint density at radius 1 is 1.44 bits per heavy atom. The van der Waals surface area contributed by atoms with Crippen LogP contribution in [-0.2, 0) is 0 Å². The van der Waals surface area contributed by atoms with Gasteiger partial charge in [-0.25, -0.2) is 0 Å². The van der Waals surface area contributed by atoms with Crippen LogP contribution in [-0.4, -0.2) is 37.9 Å². The minimum Gasteiger partial charge on any atom is -0.383 e. The number of benzene rings is 1. The monoisotopic (exact) mass is 240 g/mol. The predicted molar refractivity (Wildman–Crippen MR) is 68.5 cm³/mol. The molecule has 16 heavy (non-hydrogen) atoms. The van der Waals surface area contributed by atoms with Crippen molar-refractivity contribution in [3.63, 3.8) is 0 Å². The molecular weight excluding hydrogens is 224 g/mol. The summed E-state index contributed by atoms with van der Waals surface area (Å²) >= 11 is 6.03. The zero-order valence-electron chi connectivity index (χ0n) is 9.88. The van der Waals surface area contributed by atoms with Crippen molar-refractivity contribution in [2.24, 2.45) is 0 Å². The number of hydrogen-bond acceptors (Lipinski definition) is 3. The molecule has 0 aliphatic carbocycles. The number of nitrogens with one attached hydrogen (secondary N) is 1. The molecule has 88 valence electrons. The molecular formula is C12H17ClN2O. The Bertz CT molecular complexity index is 377. The van der Waals surface area contributed by atoms with E-state index in [9.17, 15) is 4.79 Å². The van der Waals surface area contributed by atoms with Gasteiger partial charge >= 0.3 is 0 Å². The summed E-state index contributed by atoms with van der Waals surface area (Å²) < 4.78 is 0. The lowest BCUT2D eigenvalue weighted by Crippen LogP contribution is -2.20. The highest BCUT2D eigenvalue weighted by Crippen LogP contribution is 2.22. The van der Waals surface area contributed by atoms with Gasteiger partial charge in [0.15, 0.2) is 5.78 Å². The summed E-state index contributed by atoms with van der Waals surface area (Å²) in [6.45, 7) is 3.27. The number of nitrogens with zero attached hydrogens (tertiary/aromatic N) is 1. The Hall–Kier alpha value is -1.06. The van der Waals surface area contributed by atoms with Crippen LogP contribution in [0.5, 0.6) is 0 Å². The van der Waals surface area contributed by atoms with Crippen LogP contribution >= 0.6 is 11.6 Å². The average molecular weight is 241 g/mol. The highest BCUT2D eigenvalue weighted by molar-refractivity contribution is 6.33. The minimum absolute atomic E-state index is 0.0485. The van der Waals surface area contributed by atoms with Gasteiger partial charge in [0.2, 0.25) is 0 Å². The predicted octanol–water partition coefficient (Wildman–Crippen LogP) is 2.52. The van der Waals surface area contributed by atoms with E-state index in [-0.39, 0.29) is 5.78 Å². The van der Waals surface area contributed by atoms with Crippen LogP contribution < -0.4 is 5.32 Å². The Morgan fingerprint density at radius 2 is 2.12 bits per heavy atom. The lowest BCUT2D eigenvalue weighted by Gasteiger charge is -2.13. The normalized spacial score (nSPS) is 10.6. The van der Waals surface area contributed by atoms with Gasteiger partial charge < -0.3 is 10.2 Å². The van der Waals surface area contributed by atoms with Crippen molar-refractivity contribution in [1.82, 2.24) is 4.90 Å². The lowest BCUT2D eigenvalue weighted by atomic mass is 10.1. The van der Waals surface area contributed by atoms with Gasteiger partial charge in [0, 0.05) is 18.7 Å². The van der Waals surface area contributed by atoms with Crippen LogP contribution in [0, 0.1) is 0 Å². The van der Waals surface area contributed by atoms with Crippen LogP contribution in [0.1, 0.15) is 17.3 Å². The van der Waals surface area contributed by atoms with Crippen LogP contribution in [0.3, 0.4) is 0 Å². The molecule has 0 aliphatic heterocycles. The fourth-order valence-electron chi connectivity index (χ4n) is 1.29. The number of carbonyl (C=O) groups is 1. The fraction of sp³-hybridized carbons (Fsp3) is 0.417. The maximum absolute atomic E-state index is 11.2. The van der Waals surface area contributed by atoms with Crippen molar-refractivity contribution in [3.05, 3.63) is 28.8 Å². The first-order chi connectivity index (χ1) is 7.50. The number of ketones is 1. The molecule has 0 atom stereocenters. The van der Waals surface area contributed by atoms with Gasteiger partial charge in [-0.3, -0.25) is 4.79 Å². The van der Waals surface area contributed by atoms with E-state index in [4.69, 9.17) is 11.6 Å². The summed E-state index contributed by atoms with van der Waals surface area (Å²) in [4.78, 5) is 13.3. The van der Waals surface area contributed by atoms with Crippen LogP contribution in [0.15, 0.2) is 18.2 Å².